The van der Waals surface area contributed by atoms with E-state index < -0.39 is 47.6 Å². The number of β-amino-alcohol motifs (C(OH)–C–C–N with tert-alkyl or cyclic N) is 1. The molecule has 1 aliphatic rings. The molecule has 5 rings (SSSR count). The number of carboxylic acid groups (broad SMARTS) is 1. The number of likely N-dealkylation sites (tertiary alicyclic amines) is 1. The number of rotatable bonds is 8. The van der Waals surface area contributed by atoms with E-state index in [1.165, 1.54) is 4.90 Å². The van der Waals surface area contributed by atoms with Crippen molar-refractivity contribution in [2.75, 3.05) is 6.54 Å². The smallest absolute Gasteiger partial charge is 0.475 e. The Morgan fingerprint density at radius 2 is 1.71 bits per heavy atom. The molecule has 1 saturated heterocycles. The van der Waals surface area contributed by atoms with Gasteiger partial charge in [0.2, 0.25) is 11.8 Å². The first-order chi connectivity index (χ1) is 23.8. The highest BCUT2D eigenvalue weighted by atomic mass is 19.4. The number of carbonyl (C=O) groups excluding carboxylic acids is 3. The van der Waals surface area contributed by atoms with Gasteiger partial charge in [-0.1, -0.05) is 45.0 Å². The highest BCUT2D eigenvalue weighted by Gasteiger charge is 2.44. The van der Waals surface area contributed by atoms with Gasteiger partial charge in [-0.25, -0.2) is 9.78 Å². The molecule has 4 N–H and O–H groups in total. The van der Waals surface area contributed by atoms with Gasteiger partial charge in [0.15, 0.2) is 0 Å². The largest absolute Gasteiger partial charge is 0.490 e. The number of hydrogen-bond donors (Lipinski definition) is 4. The van der Waals surface area contributed by atoms with Crippen molar-refractivity contribution in [2.24, 2.45) is 12.5 Å². The number of aliphatic hydroxyl groups excluding tert-OH is 1. The molecule has 1 aliphatic heterocycles. The van der Waals surface area contributed by atoms with Crippen LogP contribution >= 0.6 is 0 Å². The number of hydrogen-bond acceptors (Lipinski definition) is 7. The van der Waals surface area contributed by atoms with Gasteiger partial charge in [-0.15, -0.1) is 0 Å². The van der Waals surface area contributed by atoms with Gasteiger partial charge in [0.1, 0.15) is 17.9 Å². The lowest BCUT2D eigenvalue weighted by Gasteiger charge is -2.35. The number of nitrogens with zero attached hydrogens (tertiary/aromatic N) is 5. The van der Waals surface area contributed by atoms with Gasteiger partial charge in [0.05, 0.1) is 12.3 Å². The molecule has 3 atom stereocenters. The highest BCUT2D eigenvalue weighted by molar-refractivity contribution is 5.99. The molecule has 0 unspecified atom stereocenters. The van der Waals surface area contributed by atoms with Crippen LogP contribution in [0.3, 0.4) is 0 Å². The number of carboxylic acids is 1. The summed E-state index contributed by atoms with van der Waals surface area (Å²) in [6.07, 6.45) is 1.40. The van der Waals surface area contributed by atoms with Crippen molar-refractivity contribution in [3.05, 3.63) is 90.3 Å². The van der Waals surface area contributed by atoms with Gasteiger partial charge in [0.25, 0.3) is 5.91 Å². The molecule has 16 heteroatoms. The summed E-state index contributed by atoms with van der Waals surface area (Å²) in [6.45, 7) is 7.78. The van der Waals surface area contributed by atoms with E-state index in [1.807, 2.05) is 82.0 Å². The van der Waals surface area contributed by atoms with E-state index in [1.54, 1.807) is 35.3 Å². The number of aliphatic hydroxyl groups is 1. The molecule has 2 aromatic heterocycles. The van der Waals surface area contributed by atoms with Crippen molar-refractivity contribution in [3.8, 4) is 16.8 Å². The zero-order valence-corrected chi connectivity index (χ0v) is 28.7. The predicted octanol–water partition coefficient (Wildman–Crippen LogP) is 3.64. The number of nitrogens with one attached hydrogen (secondary N) is 2. The van der Waals surface area contributed by atoms with Crippen molar-refractivity contribution in [2.45, 2.75) is 65.0 Å². The highest BCUT2D eigenvalue weighted by Crippen LogP contribution is 2.27. The normalized spacial score (nSPS) is 16.5. The van der Waals surface area contributed by atoms with E-state index in [2.05, 4.69) is 20.7 Å². The number of aryl methyl sites for hydroxylation is 2. The summed E-state index contributed by atoms with van der Waals surface area (Å²) in [5.41, 5.74) is 3.29. The van der Waals surface area contributed by atoms with Crippen LogP contribution in [0.4, 0.5) is 13.2 Å². The lowest BCUT2D eigenvalue weighted by molar-refractivity contribution is -0.192. The third-order valence-electron chi connectivity index (χ3n) is 8.17. The van der Waals surface area contributed by atoms with Gasteiger partial charge in [-0.3, -0.25) is 19.1 Å². The third-order valence-corrected chi connectivity index (χ3v) is 8.17. The Kier molecular flexibility index (Phi) is 11.7. The lowest BCUT2D eigenvalue weighted by atomic mass is 9.85. The minimum atomic E-state index is -5.08. The molecule has 51 heavy (non-hydrogen) atoms. The minimum Gasteiger partial charge on any atom is -0.475 e. The van der Waals surface area contributed by atoms with Crippen LogP contribution in [0.5, 0.6) is 0 Å². The molecule has 3 amide bonds. The second kappa shape index (κ2) is 15.6. The van der Waals surface area contributed by atoms with Crippen LogP contribution in [0.15, 0.2) is 73.3 Å². The number of aromatic nitrogens is 4. The van der Waals surface area contributed by atoms with Crippen molar-refractivity contribution in [3.63, 3.8) is 0 Å². The lowest BCUT2D eigenvalue weighted by Crippen LogP contribution is -2.57. The number of imidazole rings is 1. The van der Waals surface area contributed by atoms with Gasteiger partial charge in [-0.05, 0) is 47.7 Å². The molecule has 3 heterocycles. The first kappa shape index (κ1) is 38.3. The Morgan fingerprint density at radius 1 is 1.04 bits per heavy atom. The van der Waals surface area contributed by atoms with E-state index in [0.717, 1.165) is 28.2 Å². The summed E-state index contributed by atoms with van der Waals surface area (Å²) in [5.74, 6) is -3.05. The fraction of sp³-hybridized carbons (Fsp3) is 0.371. The minimum absolute atomic E-state index is 0.00875. The summed E-state index contributed by atoms with van der Waals surface area (Å²) < 4.78 is 35.4. The van der Waals surface area contributed by atoms with Gasteiger partial charge in [-0.2, -0.15) is 18.3 Å². The van der Waals surface area contributed by atoms with E-state index in [0.29, 0.717) is 5.56 Å². The second-order valence-electron chi connectivity index (χ2n) is 13.2. The van der Waals surface area contributed by atoms with Crippen LogP contribution < -0.4 is 10.6 Å². The molecule has 4 aromatic rings. The summed E-state index contributed by atoms with van der Waals surface area (Å²) in [6, 6.07) is 13.1. The Balaban J connectivity index is 0.000000755. The van der Waals surface area contributed by atoms with Gasteiger partial charge in [0, 0.05) is 62.0 Å². The number of aliphatic carboxylic acids is 1. The topological polar surface area (TPSA) is 172 Å². The van der Waals surface area contributed by atoms with Crippen LogP contribution in [0.25, 0.3) is 16.8 Å². The molecular weight excluding hydrogens is 671 g/mol. The van der Waals surface area contributed by atoms with Gasteiger partial charge < -0.3 is 30.3 Å². The van der Waals surface area contributed by atoms with Crippen molar-refractivity contribution in [1.82, 2.24) is 34.9 Å². The molecule has 0 radical (unpaired) electrons. The fourth-order valence-corrected chi connectivity index (χ4v) is 5.48. The van der Waals surface area contributed by atoms with Crippen LogP contribution in [0.1, 0.15) is 48.9 Å². The van der Waals surface area contributed by atoms with E-state index in [9.17, 15) is 32.7 Å². The maximum Gasteiger partial charge on any atom is 0.490 e. The van der Waals surface area contributed by atoms with Crippen molar-refractivity contribution >= 4 is 23.7 Å². The van der Waals surface area contributed by atoms with E-state index >= 15 is 0 Å². The molecule has 2 aromatic carbocycles. The monoisotopic (exact) mass is 711 g/mol. The van der Waals surface area contributed by atoms with Crippen molar-refractivity contribution in [1.29, 1.82) is 0 Å². The predicted molar refractivity (Wildman–Crippen MR) is 179 cm³/mol. The maximum atomic E-state index is 14.0. The van der Waals surface area contributed by atoms with E-state index in [-0.39, 0.29) is 25.4 Å². The summed E-state index contributed by atoms with van der Waals surface area (Å²) in [5, 5.41) is 27.7. The molecule has 0 spiro atoms. The maximum absolute atomic E-state index is 14.0. The van der Waals surface area contributed by atoms with Crippen LogP contribution in [0.2, 0.25) is 0 Å². The summed E-state index contributed by atoms with van der Waals surface area (Å²) in [7, 11) is 1.82. The number of carbonyl (C=O) groups is 4. The summed E-state index contributed by atoms with van der Waals surface area (Å²) >= 11 is 0. The quantitative estimate of drug-likeness (QED) is 0.215. The zero-order valence-electron chi connectivity index (χ0n) is 28.7. The third kappa shape index (κ3) is 9.81. The number of alkyl halides is 3. The average Bonchev–Trinajstić information content (AvgIpc) is 3.81. The number of amides is 3. The van der Waals surface area contributed by atoms with E-state index in [4.69, 9.17) is 9.90 Å². The summed E-state index contributed by atoms with van der Waals surface area (Å²) in [4.78, 5) is 55.3. The van der Waals surface area contributed by atoms with Gasteiger partial charge >= 0.3 is 12.1 Å². The fourth-order valence-electron chi connectivity index (χ4n) is 5.48. The van der Waals surface area contributed by atoms with Crippen LogP contribution in [0, 0.1) is 12.3 Å². The molecule has 13 nitrogen and oxygen atoms in total. The number of halogens is 3. The molecule has 1 fully saturated rings. The average molecular weight is 712 g/mol. The standard InChI is InChI=1S/C33H39N7O4.C2HF3O2/c1-21-34-13-14-39(21)26-11-9-22(10-12-26)17-35-31(43)28-16-27(41)20-40(28)32(44)29(33(2,3)4)37-30(42)24-8-6-7-23(15-24)25-18-36-38(5)19-25;3-2(4,5)1(6)7/h6-15,18-19,27-29,41H,16-17,20H2,1-5H3,(H,35,43)(H,37,42);(H,6,7)/t27-,28+,29-;/m1./s1. The van der Waals surface area contributed by atoms with Crippen LogP contribution in [-0.4, -0.2) is 89.0 Å². The molecular formula is C35H40F3N7O6. The Bertz CT molecular complexity index is 1860. The molecule has 0 bridgehead atoms. The molecule has 0 saturated carbocycles. The zero-order chi connectivity index (χ0) is 37.7. The molecule has 0 aliphatic carbocycles. The Hall–Kier alpha value is -5.51. The second-order valence-corrected chi connectivity index (χ2v) is 13.2. The Labute approximate surface area is 292 Å². The Morgan fingerprint density at radius 3 is 2.25 bits per heavy atom. The SMILES string of the molecule is Cc1nccn1-c1ccc(CNC(=O)[C@@H]2C[C@@H](O)CN2C(=O)[C@@H](NC(=O)c2cccc(-c3cnn(C)c3)c2)C(C)(C)C)cc1.O=C(O)C(F)(F)F. The molecule has 272 valence electrons. The first-order valence-electron chi connectivity index (χ1n) is 15.9. The number of benzene rings is 2. The van der Waals surface area contributed by atoms with Crippen molar-refractivity contribution < 1.29 is 42.6 Å². The van der Waals surface area contributed by atoms with Crippen LogP contribution in [-0.2, 0) is 28.0 Å². The first-order valence-corrected chi connectivity index (χ1v) is 15.9.